The first-order chi connectivity index (χ1) is 8.13. The highest BCUT2D eigenvalue weighted by Gasteiger charge is 2.29. The van der Waals surface area contributed by atoms with E-state index in [1.807, 2.05) is 10.3 Å². The van der Waals surface area contributed by atoms with Gasteiger partial charge in [-0.25, -0.2) is 4.98 Å². The second-order valence-electron chi connectivity index (χ2n) is 4.69. The number of piperidine rings is 1. The van der Waals surface area contributed by atoms with Crippen LogP contribution in [0.25, 0.3) is 0 Å². The molecule has 0 spiro atoms. The molecular weight excluding hydrogens is 270 g/mol. The highest BCUT2D eigenvalue weighted by molar-refractivity contribution is 7.09. The molecule has 1 aromatic rings. The summed E-state index contributed by atoms with van der Waals surface area (Å²) in [5.74, 6) is 0.625. The fourth-order valence-corrected chi connectivity index (χ4v) is 2.92. The van der Waals surface area contributed by atoms with Gasteiger partial charge in [0, 0.05) is 24.5 Å². The van der Waals surface area contributed by atoms with Crippen molar-refractivity contribution >= 4 is 29.7 Å². The van der Waals surface area contributed by atoms with Gasteiger partial charge in [-0.1, -0.05) is 6.92 Å². The van der Waals surface area contributed by atoms with Gasteiger partial charge in [-0.3, -0.25) is 4.79 Å². The van der Waals surface area contributed by atoms with Gasteiger partial charge in [-0.15, -0.1) is 23.7 Å². The molecule has 1 amide bonds. The Hall–Kier alpha value is -0.650. The molecule has 1 aliphatic rings. The summed E-state index contributed by atoms with van der Waals surface area (Å²) < 4.78 is 0. The van der Waals surface area contributed by atoms with Crippen LogP contribution in [0.3, 0.4) is 0 Å². The van der Waals surface area contributed by atoms with E-state index in [0.29, 0.717) is 24.2 Å². The Labute approximate surface area is 118 Å². The molecule has 0 aliphatic carbocycles. The summed E-state index contributed by atoms with van der Waals surface area (Å²) in [7, 11) is 0. The summed E-state index contributed by atoms with van der Waals surface area (Å²) in [5, 5.41) is 2.64. The van der Waals surface area contributed by atoms with Gasteiger partial charge in [0.05, 0.1) is 0 Å². The average Bonchev–Trinajstić information content (AvgIpc) is 2.80. The smallest absolute Gasteiger partial charge is 0.273 e. The van der Waals surface area contributed by atoms with Gasteiger partial charge >= 0.3 is 0 Å². The maximum atomic E-state index is 12.3. The molecule has 2 unspecified atom stereocenters. The zero-order chi connectivity index (χ0) is 12.4. The van der Waals surface area contributed by atoms with Crippen LogP contribution < -0.4 is 5.73 Å². The number of carbonyl (C=O) groups excluding carboxylic acids is 1. The third kappa shape index (κ3) is 3.02. The quantitative estimate of drug-likeness (QED) is 0.909. The van der Waals surface area contributed by atoms with Gasteiger partial charge in [-0.2, -0.15) is 0 Å². The van der Waals surface area contributed by atoms with Crippen LogP contribution in [-0.4, -0.2) is 28.4 Å². The molecule has 0 radical (unpaired) electrons. The Morgan fingerprint density at radius 3 is 2.94 bits per heavy atom. The highest BCUT2D eigenvalue weighted by atomic mass is 35.5. The second-order valence-corrected chi connectivity index (χ2v) is 5.63. The van der Waals surface area contributed by atoms with E-state index in [1.165, 1.54) is 17.8 Å². The van der Waals surface area contributed by atoms with Gasteiger partial charge < -0.3 is 10.6 Å². The third-order valence-electron chi connectivity index (χ3n) is 3.58. The van der Waals surface area contributed by atoms with E-state index in [4.69, 9.17) is 5.73 Å². The summed E-state index contributed by atoms with van der Waals surface area (Å²) in [6.45, 7) is 5.58. The van der Waals surface area contributed by atoms with Crippen LogP contribution in [0, 0.1) is 5.92 Å². The van der Waals surface area contributed by atoms with Crippen molar-refractivity contribution in [1.82, 2.24) is 9.88 Å². The minimum absolute atomic E-state index is 0. The van der Waals surface area contributed by atoms with Crippen LogP contribution in [0.2, 0.25) is 0 Å². The number of thiazole rings is 1. The molecule has 1 aliphatic heterocycles. The number of hydrogen-bond acceptors (Lipinski definition) is 4. The zero-order valence-electron chi connectivity index (χ0n) is 10.8. The molecule has 2 N–H and O–H groups in total. The summed E-state index contributed by atoms with van der Waals surface area (Å²) in [6.07, 6.45) is 2.29. The van der Waals surface area contributed by atoms with Crippen LogP contribution in [0.15, 0.2) is 5.38 Å². The van der Waals surface area contributed by atoms with Crippen LogP contribution in [0.5, 0.6) is 0 Å². The Morgan fingerprint density at radius 1 is 1.61 bits per heavy atom. The fourth-order valence-electron chi connectivity index (χ4n) is 2.27. The SMILES string of the molecule is CC1CCCN(C(=O)c2csc(CN)n2)C1C.Cl. The van der Waals surface area contributed by atoms with Crippen LogP contribution in [0.1, 0.15) is 42.2 Å². The van der Waals surface area contributed by atoms with Gasteiger partial charge in [0.1, 0.15) is 10.7 Å². The van der Waals surface area contributed by atoms with Crippen molar-refractivity contribution in [3.05, 3.63) is 16.1 Å². The Morgan fingerprint density at radius 2 is 2.33 bits per heavy atom. The number of nitrogens with two attached hydrogens (primary N) is 1. The van der Waals surface area contributed by atoms with Crippen molar-refractivity contribution in [2.45, 2.75) is 39.3 Å². The molecule has 1 aromatic heterocycles. The monoisotopic (exact) mass is 289 g/mol. The van der Waals surface area contributed by atoms with E-state index in [2.05, 4.69) is 18.8 Å². The van der Waals surface area contributed by atoms with Crippen LogP contribution in [0.4, 0.5) is 0 Å². The van der Waals surface area contributed by atoms with E-state index in [1.54, 1.807) is 0 Å². The highest BCUT2D eigenvalue weighted by Crippen LogP contribution is 2.24. The first-order valence-electron chi connectivity index (χ1n) is 6.09. The first-order valence-corrected chi connectivity index (χ1v) is 6.97. The summed E-state index contributed by atoms with van der Waals surface area (Å²) in [4.78, 5) is 18.5. The zero-order valence-corrected chi connectivity index (χ0v) is 12.4. The molecule has 1 saturated heterocycles. The molecule has 1 fully saturated rings. The minimum Gasteiger partial charge on any atom is -0.334 e. The van der Waals surface area contributed by atoms with Gasteiger partial charge in [0.15, 0.2) is 0 Å². The average molecular weight is 290 g/mol. The lowest BCUT2D eigenvalue weighted by molar-refractivity contribution is 0.0545. The molecular formula is C12H20ClN3OS. The topological polar surface area (TPSA) is 59.2 Å². The van der Waals surface area contributed by atoms with E-state index in [-0.39, 0.29) is 18.3 Å². The lowest BCUT2D eigenvalue weighted by Gasteiger charge is -2.37. The molecule has 4 nitrogen and oxygen atoms in total. The van der Waals surface area contributed by atoms with Crippen molar-refractivity contribution in [2.24, 2.45) is 11.7 Å². The molecule has 0 saturated carbocycles. The standard InChI is InChI=1S/C12H19N3OS.ClH/c1-8-4-3-5-15(9(8)2)12(16)10-7-17-11(6-13)14-10;/h7-9H,3-6,13H2,1-2H3;1H. The van der Waals surface area contributed by atoms with Gasteiger partial charge in [-0.05, 0) is 25.7 Å². The van der Waals surface area contributed by atoms with Crippen molar-refractivity contribution < 1.29 is 4.79 Å². The molecule has 18 heavy (non-hydrogen) atoms. The van der Waals surface area contributed by atoms with E-state index >= 15 is 0 Å². The lowest BCUT2D eigenvalue weighted by Crippen LogP contribution is -2.46. The number of halogens is 1. The lowest BCUT2D eigenvalue weighted by atomic mass is 9.92. The number of rotatable bonds is 2. The largest absolute Gasteiger partial charge is 0.334 e. The maximum Gasteiger partial charge on any atom is 0.273 e. The predicted molar refractivity (Wildman–Crippen MR) is 76.1 cm³/mol. The fraction of sp³-hybridized carbons (Fsp3) is 0.667. The Balaban J connectivity index is 0.00000162. The molecule has 6 heteroatoms. The van der Waals surface area contributed by atoms with Crippen LogP contribution in [-0.2, 0) is 6.54 Å². The van der Waals surface area contributed by atoms with E-state index < -0.39 is 0 Å². The maximum absolute atomic E-state index is 12.3. The van der Waals surface area contributed by atoms with Crippen molar-refractivity contribution in [3.8, 4) is 0 Å². The van der Waals surface area contributed by atoms with E-state index in [9.17, 15) is 4.79 Å². The van der Waals surface area contributed by atoms with Crippen molar-refractivity contribution in [2.75, 3.05) is 6.54 Å². The minimum atomic E-state index is 0. The second kappa shape index (κ2) is 6.50. The van der Waals surface area contributed by atoms with Crippen molar-refractivity contribution in [3.63, 3.8) is 0 Å². The number of nitrogens with zero attached hydrogens (tertiary/aromatic N) is 2. The summed E-state index contributed by atoms with van der Waals surface area (Å²) >= 11 is 1.46. The Kier molecular flexibility index (Phi) is 5.56. The van der Waals surface area contributed by atoms with Gasteiger partial charge in [0.25, 0.3) is 5.91 Å². The number of hydrogen-bond donors (Lipinski definition) is 1. The van der Waals surface area contributed by atoms with Gasteiger partial charge in [0.2, 0.25) is 0 Å². The molecule has 2 atom stereocenters. The van der Waals surface area contributed by atoms with Crippen molar-refractivity contribution in [1.29, 1.82) is 0 Å². The normalized spacial score (nSPS) is 23.6. The predicted octanol–water partition coefficient (Wildman–Crippen LogP) is 2.28. The number of amides is 1. The van der Waals surface area contributed by atoms with Crippen LogP contribution >= 0.6 is 23.7 Å². The summed E-state index contributed by atoms with van der Waals surface area (Å²) in [6, 6.07) is 0.305. The number of likely N-dealkylation sites (tertiary alicyclic amines) is 1. The summed E-state index contributed by atoms with van der Waals surface area (Å²) in [5.41, 5.74) is 6.07. The van der Waals surface area contributed by atoms with E-state index in [0.717, 1.165) is 18.0 Å². The third-order valence-corrected chi connectivity index (χ3v) is 4.45. The molecule has 0 aromatic carbocycles. The molecule has 2 rings (SSSR count). The number of carbonyl (C=O) groups is 1. The molecule has 2 heterocycles. The first kappa shape index (κ1) is 15.4. The number of aromatic nitrogens is 1. The molecule has 102 valence electrons. The molecule has 0 bridgehead atoms. The Bertz CT molecular complexity index is 410.